The molecule has 0 radical (unpaired) electrons. The van der Waals surface area contributed by atoms with Gasteiger partial charge in [-0.2, -0.15) is 9.61 Å². The lowest BCUT2D eigenvalue weighted by Gasteiger charge is -1.90. The van der Waals surface area contributed by atoms with Crippen LogP contribution in [-0.4, -0.2) is 26.4 Å². The molecule has 2 aromatic heterocycles. The molecule has 7 heteroatoms. The molecule has 2 aromatic rings. The minimum atomic E-state index is -0.199. The SMILES string of the molecule is Cc1nnc2sc(CCCN)nn2c1=O. The Balaban J connectivity index is 2.47. The van der Waals surface area contributed by atoms with Crippen LogP contribution < -0.4 is 11.3 Å². The number of hydrogen-bond acceptors (Lipinski definition) is 6. The summed E-state index contributed by atoms with van der Waals surface area (Å²) in [5, 5.41) is 12.7. The zero-order chi connectivity index (χ0) is 10.8. The lowest BCUT2D eigenvalue weighted by molar-refractivity contribution is 0.770. The number of aryl methyl sites for hydroxylation is 2. The number of hydrogen-bond donors (Lipinski definition) is 1. The Bertz CT molecular complexity index is 531. The molecule has 80 valence electrons. The van der Waals surface area contributed by atoms with Crippen molar-refractivity contribution in [2.75, 3.05) is 6.54 Å². The Kier molecular flexibility index (Phi) is 2.74. The van der Waals surface area contributed by atoms with Crippen molar-refractivity contribution in [1.82, 2.24) is 19.8 Å². The van der Waals surface area contributed by atoms with Crippen molar-refractivity contribution >= 4 is 16.3 Å². The highest BCUT2D eigenvalue weighted by Gasteiger charge is 2.08. The predicted octanol–water partition coefficient (Wildman–Crippen LogP) is -0.254. The first-order valence-electron chi connectivity index (χ1n) is 4.64. The van der Waals surface area contributed by atoms with Gasteiger partial charge in [-0.05, 0) is 19.9 Å². The van der Waals surface area contributed by atoms with Gasteiger partial charge in [-0.15, -0.1) is 10.2 Å². The summed E-state index contributed by atoms with van der Waals surface area (Å²) in [5.41, 5.74) is 5.57. The van der Waals surface area contributed by atoms with Gasteiger partial charge >= 0.3 is 0 Å². The molecule has 2 heterocycles. The maximum Gasteiger partial charge on any atom is 0.296 e. The van der Waals surface area contributed by atoms with Crippen LogP contribution in [0.4, 0.5) is 0 Å². The molecular weight excluding hydrogens is 214 g/mol. The van der Waals surface area contributed by atoms with E-state index in [9.17, 15) is 4.79 Å². The van der Waals surface area contributed by atoms with Crippen molar-refractivity contribution in [3.63, 3.8) is 0 Å². The molecule has 0 aliphatic heterocycles. The maximum atomic E-state index is 11.6. The lowest BCUT2D eigenvalue weighted by atomic mass is 10.3. The monoisotopic (exact) mass is 225 g/mol. The molecule has 0 amide bonds. The molecule has 0 saturated carbocycles. The van der Waals surface area contributed by atoms with Crippen LogP contribution in [0.25, 0.3) is 4.96 Å². The summed E-state index contributed by atoms with van der Waals surface area (Å²) in [4.78, 5) is 12.1. The molecule has 0 bridgehead atoms. The van der Waals surface area contributed by atoms with E-state index in [4.69, 9.17) is 5.73 Å². The molecular formula is C8H11N5OS. The second-order valence-electron chi connectivity index (χ2n) is 3.17. The van der Waals surface area contributed by atoms with E-state index in [0.29, 0.717) is 17.2 Å². The number of nitrogens with two attached hydrogens (primary N) is 1. The molecule has 0 aromatic carbocycles. The van der Waals surface area contributed by atoms with Crippen molar-refractivity contribution in [2.45, 2.75) is 19.8 Å². The van der Waals surface area contributed by atoms with E-state index < -0.39 is 0 Å². The molecule has 15 heavy (non-hydrogen) atoms. The van der Waals surface area contributed by atoms with E-state index in [0.717, 1.165) is 17.8 Å². The average molecular weight is 225 g/mol. The summed E-state index contributed by atoms with van der Waals surface area (Å²) >= 11 is 1.38. The van der Waals surface area contributed by atoms with Crippen LogP contribution in [-0.2, 0) is 6.42 Å². The fraction of sp³-hybridized carbons (Fsp3) is 0.500. The Labute approximate surface area is 89.8 Å². The van der Waals surface area contributed by atoms with Gasteiger partial charge in [0.1, 0.15) is 10.7 Å². The van der Waals surface area contributed by atoms with Crippen molar-refractivity contribution < 1.29 is 0 Å². The Hall–Kier alpha value is -1.34. The number of rotatable bonds is 3. The molecule has 2 N–H and O–H groups in total. The quantitative estimate of drug-likeness (QED) is 0.778. The van der Waals surface area contributed by atoms with Gasteiger partial charge in [0.15, 0.2) is 0 Å². The van der Waals surface area contributed by atoms with Gasteiger partial charge < -0.3 is 5.73 Å². The highest BCUT2D eigenvalue weighted by atomic mass is 32.1. The molecule has 0 atom stereocenters. The third-order valence-electron chi connectivity index (χ3n) is 1.98. The smallest absolute Gasteiger partial charge is 0.296 e. The fourth-order valence-corrected chi connectivity index (χ4v) is 2.06. The standard InChI is InChI=1S/C8H11N5OS/c1-5-7(14)13-8(11-10-5)15-6(12-13)3-2-4-9/h2-4,9H2,1H3. The Morgan fingerprint density at radius 3 is 3.00 bits per heavy atom. The van der Waals surface area contributed by atoms with E-state index in [1.54, 1.807) is 6.92 Å². The van der Waals surface area contributed by atoms with E-state index >= 15 is 0 Å². The third kappa shape index (κ3) is 1.88. The van der Waals surface area contributed by atoms with E-state index in [-0.39, 0.29) is 5.56 Å². The van der Waals surface area contributed by atoms with Crippen molar-refractivity contribution in [1.29, 1.82) is 0 Å². The fourth-order valence-electron chi connectivity index (χ4n) is 1.19. The minimum Gasteiger partial charge on any atom is -0.330 e. The molecule has 0 saturated heterocycles. The second-order valence-corrected chi connectivity index (χ2v) is 4.21. The second kappa shape index (κ2) is 4.03. The number of fused-ring (bicyclic) bond motifs is 1. The van der Waals surface area contributed by atoms with Crippen LogP contribution in [0.2, 0.25) is 0 Å². The molecule has 0 fully saturated rings. The Morgan fingerprint density at radius 1 is 1.47 bits per heavy atom. The highest BCUT2D eigenvalue weighted by Crippen LogP contribution is 2.11. The van der Waals surface area contributed by atoms with Crippen molar-refractivity contribution in [3.05, 3.63) is 21.1 Å². The first kappa shape index (κ1) is 10.2. The number of nitrogens with zero attached hydrogens (tertiary/aromatic N) is 4. The maximum absolute atomic E-state index is 11.6. The summed E-state index contributed by atoms with van der Waals surface area (Å²) < 4.78 is 1.30. The van der Waals surface area contributed by atoms with E-state index in [1.807, 2.05) is 0 Å². The van der Waals surface area contributed by atoms with Crippen LogP contribution >= 0.6 is 11.3 Å². The van der Waals surface area contributed by atoms with Gasteiger partial charge in [-0.3, -0.25) is 4.79 Å². The summed E-state index contributed by atoms with van der Waals surface area (Å²) in [5.74, 6) is 0. The average Bonchev–Trinajstić information content (AvgIpc) is 2.64. The van der Waals surface area contributed by atoms with Gasteiger partial charge in [0, 0.05) is 6.42 Å². The van der Waals surface area contributed by atoms with Gasteiger partial charge in [-0.1, -0.05) is 11.3 Å². The van der Waals surface area contributed by atoms with Crippen LogP contribution in [0.15, 0.2) is 4.79 Å². The largest absolute Gasteiger partial charge is 0.330 e. The van der Waals surface area contributed by atoms with E-state index in [1.165, 1.54) is 15.9 Å². The van der Waals surface area contributed by atoms with Gasteiger partial charge in [0.05, 0.1) is 0 Å². The molecule has 2 rings (SSSR count). The van der Waals surface area contributed by atoms with Gasteiger partial charge in [-0.25, -0.2) is 0 Å². The van der Waals surface area contributed by atoms with Crippen LogP contribution in [0, 0.1) is 6.92 Å². The van der Waals surface area contributed by atoms with Gasteiger partial charge in [0.2, 0.25) is 4.96 Å². The topological polar surface area (TPSA) is 86.2 Å². The van der Waals surface area contributed by atoms with Crippen LogP contribution in [0.5, 0.6) is 0 Å². The summed E-state index contributed by atoms with van der Waals surface area (Å²) in [7, 11) is 0. The summed E-state index contributed by atoms with van der Waals surface area (Å²) in [6.45, 7) is 2.25. The molecule has 0 aliphatic rings. The van der Waals surface area contributed by atoms with Gasteiger partial charge in [0.25, 0.3) is 5.56 Å². The number of aromatic nitrogens is 4. The Morgan fingerprint density at radius 2 is 2.27 bits per heavy atom. The zero-order valence-corrected chi connectivity index (χ0v) is 9.12. The van der Waals surface area contributed by atoms with Crippen molar-refractivity contribution in [2.24, 2.45) is 5.73 Å². The first-order valence-corrected chi connectivity index (χ1v) is 5.46. The predicted molar refractivity (Wildman–Crippen MR) is 57.0 cm³/mol. The van der Waals surface area contributed by atoms with Crippen LogP contribution in [0.1, 0.15) is 17.1 Å². The van der Waals surface area contributed by atoms with E-state index in [2.05, 4.69) is 15.3 Å². The normalized spacial score (nSPS) is 11.1. The highest BCUT2D eigenvalue weighted by molar-refractivity contribution is 7.16. The molecule has 0 unspecified atom stereocenters. The summed E-state index contributed by atoms with van der Waals surface area (Å²) in [6, 6.07) is 0. The van der Waals surface area contributed by atoms with Crippen LogP contribution in [0.3, 0.4) is 0 Å². The molecule has 6 nitrogen and oxygen atoms in total. The molecule has 0 aliphatic carbocycles. The summed E-state index contributed by atoms with van der Waals surface area (Å²) in [6.07, 6.45) is 1.64. The third-order valence-corrected chi connectivity index (χ3v) is 2.94. The lowest BCUT2D eigenvalue weighted by Crippen LogP contribution is -2.19. The van der Waals surface area contributed by atoms with Crippen molar-refractivity contribution in [3.8, 4) is 0 Å². The zero-order valence-electron chi connectivity index (χ0n) is 8.30. The molecule has 0 spiro atoms. The first-order chi connectivity index (χ1) is 7.22. The minimum absolute atomic E-state index is 0.199.